The van der Waals surface area contributed by atoms with Crippen molar-refractivity contribution < 1.29 is 0 Å². The van der Waals surface area contributed by atoms with Crippen molar-refractivity contribution in [3.63, 3.8) is 0 Å². The summed E-state index contributed by atoms with van der Waals surface area (Å²) in [6.07, 6.45) is 10.6. The van der Waals surface area contributed by atoms with Gasteiger partial charge in [0.2, 0.25) is 5.13 Å². The highest BCUT2D eigenvalue weighted by molar-refractivity contribution is 7.09. The second-order valence-corrected chi connectivity index (χ2v) is 5.68. The van der Waals surface area contributed by atoms with Crippen molar-refractivity contribution in [1.29, 1.82) is 0 Å². The fourth-order valence-corrected chi connectivity index (χ4v) is 2.59. The number of nitrogens with zero attached hydrogens (tertiary/aromatic N) is 2. The zero-order chi connectivity index (χ0) is 11.9. The van der Waals surface area contributed by atoms with Crippen LogP contribution < -0.4 is 5.32 Å². The first kappa shape index (κ1) is 12.8. The predicted molar refractivity (Wildman–Crippen MR) is 73.7 cm³/mol. The van der Waals surface area contributed by atoms with E-state index in [2.05, 4.69) is 21.6 Å². The lowest BCUT2D eigenvalue weighted by molar-refractivity contribution is 0.617. The number of nitrogens with one attached hydrogen (secondary N) is 1. The molecule has 0 bridgehead atoms. The fraction of sp³-hybridized carbons (Fsp3) is 0.846. The molecule has 1 fully saturated rings. The molecule has 1 N–H and O–H groups in total. The molecule has 0 atom stereocenters. The van der Waals surface area contributed by atoms with E-state index in [4.69, 9.17) is 0 Å². The van der Waals surface area contributed by atoms with Gasteiger partial charge in [-0.1, -0.05) is 39.0 Å². The number of hydrogen-bond donors (Lipinski definition) is 1. The van der Waals surface area contributed by atoms with Crippen molar-refractivity contribution in [3.05, 3.63) is 5.82 Å². The van der Waals surface area contributed by atoms with Gasteiger partial charge in [0, 0.05) is 24.0 Å². The van der Waals surface area contributed by atoms with E-state index in [0.717, 1.165) is 17.5 Å². The first-order valence-electron chi connectivity index (χ1n) is 6.97. The summed E-state index contributed by atoms with van der Waals surface area (Å²) in [6, 6.07) is 0. The maximum Gasteiger partial charge on any atom is 0.202 e. The second kappa shape index (κ2) is 6.94. The minimum Gasteiger partial charge on any atom is -0.360 e. The van der Waals surface area contributed by atoms with Gasteiger partial charge in [-0.3, -0.25) is 0 Å². The number of aromatic nitrogens is 2. The maximum atomic E-state index is 4.52. The van der Waals surface area contributed by atoms with Crippen LogP contribution in [-0.4, -0.2) is 15.9 Å². The van der Waals surface area contributed by atoms with E-state index in [9.17, 15) is 0 Å². The number of rotatable bonds is 9. The van der Waals surface area contributed by atoms with Crippen LogP contribution >= 0.6 is 11.5 Å². The molecule has 0 spiro atoms. The van der Waals surface area contributed by atoms with Crippen molar-refractivity contribution in [3.8, 4) is 0 Å². The standard InChI is InChI=1S/C13H23N3S/c1-2-3-4-5-6-7-10-14-13-15-12(16-17-13)11-8-9-11/h11H,2-10H2,1H3,(H,14,15,16). The third kappa shape index (κ3) is 4.62. The second-order valence-electron chi connectivity index (χ2n) is 4.93. The highest BCUT2D eigenvalue weighted by Crippen LogP contribution is 2.39. The Kier molecular flexibility index (Phi) is 5.23. The summed E-state index contributed by atoms with van der Waals surface area (Å²) >= 11 is 1.52. The van der Waals surface area contributed by atoms with Gasteiger partial charge in [0.05, 0.1) is 0 Å². The van der Waals surface area contributed by atoms with E-state index in [1.165, 1.54) is 62.9 Å². The van der Waals surface area contributed by atoms with Crippen molar-refractivity contribution in [2.75, 3.05) is 11.9 Å². The van der Waals surface area contributed by atoms with E-state index in [0.29, 0.717) is 5.92 Å². The molecule has 1 aliphatic rings. The fourth-order valence-electron chi connectivity index (χ4n) is 1.91. The third-order valence-corrected chi connectivity index (χ3v) is 3.88. The summed E-state index contributed by atoms with van der Waals surface area (Å²) in [5, 5.41) is 4.40. The minimum absolute atomic E-state index is 0.677. The van der Waals surface area contributed by atoms with Crippen LogP contribution in [0.1, 0.15) is 70.0 Å². The summed E-state index contributed by atoms with van der Waals surface area (Å²) in [4.78, 5) is 4.52. The molecule has 0 saturated heterocycles. The Balaban J connectivity index is 1.52. The molecule has 4 heteroatoms. The van der Waals surface area contributed by atoms with E-state index >= 15 is 0 Å². The molecule has 1 aliphatic carbocycles. The minimum atomic E-state index is 0.677. The van der Waals surface area contributed by atoms with Crippen LogP contribution in [0.2, 0.25) is 0 Å². The van der Waals surface area contributed by atoms with Gasteiger partial charge in [-0.25, -0.2) is 4.98 Å². The molecule has 96 valence electrons. The molecule has 0 unspecified atom stereocenters. The normalized spacial score (nSPS) is 15.1. The number of unbranched alkanes of at least 4 members (excludes halogenated alkanes) is 5. The SMILES string of the molecule is CCCCCCCCNc1nc(C2CC2)ns1. The van der Waals surface area contributed by atoms with Crippen molar-refractivity contribution >= 4 is 16.7 Å². The Morgan fingerprint density at radius 1 is 1.18 bits per heavy atom. The van der Waals surface area contributed by atoms with Gasteiger partial charge in [0.25, 0.3) is 0 Å². The van der Waals surface area contributed by atoms with Crippen LogP contribution in [0.4, 0.5) is 5.13 Å². The Hall–Kier alpha value is -0.640. The molecular formula is C13H23N3S. The summed E-state index contributed by atoms with van der Waals surface area (Å²) in [5.74, 6) is 1.75. The lowest BCUT2D eigenvalue weighted by atomic mass is 10.1. The van der Waals surface area contributed by atoms with Gasteiger partial charge in [-0.15, -0.1) is 0 Å². The van der Waals surface area contributed by atoms with Crippen molar-refractivity contribution in [1.82, 2.24) is 9.36 Å². The molecule has 1 aromatic heterocycles. The Labute approximate surface area is 108 Å². The topological polar surface area (TPSA) is 37.8 Å². The molecule has 0 aromatic carbocycles. The molecule has 2 rings (SSSR count). The molecule has 0 radical (unpaired) electrons. The summed E-state index contributed by atoms with van der Waals surface area (Å²) in [5.41, 5.74) is 0. The molecule has 3 nitrogen and oxygen atoms in total. The monoisotopic (exact) mass is 253 g/mol. The quantitative estimate of drug-likeness (QED) is 0.671. The average molecular weight is 253 g/mol. The number of anilines is 1. The van der Waals surface area contributed by atoms with Gasteiger partial charge >= 0.3 is 0 Å². The van der Waals surface area contributed by atoms with Crippen LogP contribution in [0.5, 0.6) is 0 Å². The van der Waals surface area contributed by atoms with Crippen molar-refractivity contribution in [2.45, 2.75) is 64.2 Å². The van der Waals surface area contributed by atoms with Crippen LogP contribution in [0.25, 0.3) is 0 Å². The highest BCUT2D eigenvalue weighted by atomic mass is 32.1. The van der Waals surface area contributed by atoms with E-state index in [1.54, 1.807) is 0 Å². The number of hydrogen-bond acceptors (Lipinski definition) is 4. The zero-order valence-electron chi connectivity index (χ0n) is 10.7. The highest BCUT2D eigenvalue weighted by Gasteiger charge is 2.27. The molecule has 1 saturated carbocycles. The van der Waals surface area contributed by atoms with Crippen molar-refractivity contribution in [2.24, 2.45) is 0 Å². The lowest BCUT2D eigenvalue weighted by Gasteiger charge is -2.01. The molecule has 1 heterocycles. The van der Waals surface area contributed by atoms with Crippen LogP contribution in [0.15, 0.2) is 0 Å². The van der Waals surface area contributed by atoms with Gasteiger partial charge in [-0.2, -0.15) is 4.37 Å². The van der Waals surface area contributed by atoms with Crippen LogP contribution in [0, 0.1) is 0 Å². The first-order chi connectivity index (χ1) is 8.40. The Bertz CT molecular complexity index is 320. The van der Waals surface area contributed by atoms with Gasteiger partial charge in [0.15, 0.2) is 0 Å². The summed E-state index contributed by atoms with van der Waals surface area (Å²) in [7, 11) is 0. The first-order valence-corrected chi connectivity index (χ1v) is 7.75. The summed E-state index contributed by atoms with van der Waals surface area (Å²) in [6.45, 7) is 3.31. The third-order valence-electron chi connectivity index (χ3n) is 3.19. The predicted octanol–water partition coefficient (Wildman–Crippen LogP) is 4.19. The molecular weight excluding hydrogens is 230 g/mol. The average Bonchev–Trinajstić information content (AvgIpc) is 3.09. The smallest absolute Gasteiger partial charge is 0.202 e. The lowest BCUT2D eigenvalue weighted by Crippen LogP contribution is -2.01. The molecule has 1 aromatic rings. The maximum absolute atomic E-state index is 4.52. The van der Waals surface area contributed by atoms with Gasteiger partial charge < -0.3 is 5.32 Å². The largest absolute Gasteiger partial charge is 0.360 e. The van der Waals surface area contributed by atoms with E-state index in [-0.39, 0.29) is 0 Å². The molecule has 17 heavy (non-hydrogen) atoms. The summed E-state index contributed by atoms with van der Waals surface area (Å²) < 4.78 is 4.39. The van der Waals surface area contributed by atoms with E-state index < -0.39 is 0 Å². The van der Waals surface area contributed by atoms with Gasteiger partial charge in [0.1, 0.15) is 5.82 Å². The zero-order valence-corrected chi connectivity index (χ0v) is 11.6. The van der Waals surface area contributed by atoms with Crippen LogP contribution in [0.3, 0.4) is 0 Å². The van der Waals surface area contributed by atoms with Crippen LogP contribution in [-0.2, 0) is 0 Å². The Morgan fingerprint density at radius 3 is 2.71 bits per heavy atom. The van der Waals surface area contributed by atoms with E-state index in [1.807, 2.05) is 0 Å². The van der Waals surface area contributed by atoms with Gasteiger partial charge in [-0.05, 0) is 19.3 Å². The molecule has 0 aliphatic heterocycles. The Morgan fingerprint density at radius 2 is 1.94 bits per heavy atom. The molecule has 0 amide bonds.